The van der Waals surface area contributed by atoms with Gasteiger partial charge in [0.1, 0.15) is 17.1 Å². The second-order valence-electron chi connectivity index (χ2n) is 5.72. The molecule has 1 saturated carbocycles. The summed E-state index contributed by atoms with van der Waals surface area (Å²) in [5.41, 5.74) is 4.34. The third kappa shape index (κ3) is 1.43. The first-order chi connectivity index (χ1) is 11.0. The molecule has 2 aliphatic heterocycles. The Labute approximate surface area is 144 Å². The molecule has 1 saturated heterocycles. The van der Waals surface area contributed by atoms with E-state index in [0.29, 0.717) is 17.9 Å². The first kappa shape index (κ1) is 14.9. The van der Waals surface area contributed by atoms with Gasteiger partial charge < -0.3 is 10.5 Å². The zero-order valence-corrected chi connectivity index (χ0v) is 14.1. The first-order valence-electron chi connectivity index (χ1n) is 6.90. The molecule has 0 radical (unpaired) electrons. The summed E-state index contributed by atoms with van der Waals surface area (Å²) >= 11 is 4.55. The molecule has 3 aliphatic rings. The number of amidine groups is 1. The fourth-order valence-corrected chi connectivity index (χ4v) is 5.63. The molecule has 0 aromatic heterocycles. The van der Waals surface area contributed by atoms with Crippen molar-refractivity contribution in [3.63, 3.8) is 0 Å². The summed E-state index contributed by atoms with van der Waals surface area (Å²) in [7, 11) is 0. The van der Waals surface area contributed by atoms with E-state index < -0.39 is 27.6 Å². The zero-order chi connectivity index (χ0) is 16.5. The van der Waals surface area contributed by atoms with Crippen LogP contribution in [0.25, 0.3) is 0 Å². The molecule has 1 spiro atoms. The lowest BCUT2D eigenvalue weighted by molar-refractivity contribution is 0.0200. The Morgan fingerprint density at radius 2 is 2.22 bits per heavy atom. The Hall–Kier alpha value is -1.61. The van der Waals surface area contributed by atoms with Crippen molar-refractivity contribution in [3.8, 4) is 12.1 Å². The van der Waals surface area contributed by atoms with Crippen molar-refractivity contribution in [2.75, 3.05) is 12.4 Å². The second kappa shape index (κ2) is 4.47. The van der Waals surface area contributed by atoms with Crippen LogP contribution in [0.15, 0.2) is 27.7 Å². The van der Waals surface area contributed by atoms with E-state index >= 15 is 0 Å². The summed E-state index contributed by atoms with van der Waals surface area (Å²) in [6.07, 6.45) is 0. The molecular formula is C15H10BrFN4OS. The molecule has 2 N–H and O–H groups in total. The zero-order valence-electron chi connectivity index (χ0n) is 11.7. The van der Waals surface area contributed by atoms with Crippen LogP contribution in [0, 0.1) is 39.3 Å². The highest BCUT2D eigenvalue weighted by Crippen LogP contribution is 2.84. The number of thioether (sulfide) groups is 1. The summed E-state index contributed by atoms with van der Waals surface area (Å²) in [6.45, 7) is 0.451. The molecule has 4 rings (SSSR count). The number of hydrogen-bond donors (Lipinski definition) is 1. The minimum Gasteiger partial charge on any atom is -0.386 e. The van der Waals surface area contributed by atoms with E-state index in [2.05, 4.69) is 33.1 Å². The second-order valence-corrected chi connectivity index (χ2v) is 7.83. The highest BCUT2D eigenvalue weighted by molar-refractivity contribution is 9.10. The Balaban J connectivity index is 1.93. The topological polar surface area (TPSA) is 95.2 Å². The normalized spacial score (nSPS) is 40.3. The Morgan fingerprint density at radius 1 is 1.43 bits per heavy atom. The highest BCUT2D eigenvalue weighted by Gasteiger charge is 2.93. The van der Waals surface area contributed by atoms with E-state index in [-0.39, 0.29) is 10.3 Å². The number of rotatable bonds is 1. The molecular weight excluding hydrogens is 383 g/mol. The summed E-state index contributed by atoms with van der Waals surface area (Å²) < 4.78 is 19.6. The number of aliphatic imine (C=N–C) groups is 1. The number of benzene rings is 1. The number of nitriles is 2. The molecule has 0 unspecified atom stereocenters. The molecule has 23 heavy (non-hydrogen) atoms. The van der Waals surface area contributed by atoms with Gasteiger partial charge in [0.25, 0.3) is 0 Å². The maximum absolute atomic E-state index is 13.5. The van der Waals surface area contributed by atoms with Gasteiger partial charge in [0, 0.05) is 11.7 Å². The molecule has 116 valence electrons. The Bertz CT molecular complexity index is 841. The number of ether oxygens (including phenoxy) is 1. The van der Waals surface area contributed by atoms with Crippen molar-refractivity contribution in [2.45, 2.75) is 11.0 Å². The van der Waals surface area contributed by atoms with Gasteiger partial charge in [-0.2, -0.15) is 10.5 Å². The molecule has 5 nitrogen and oxygen atoms in total. The minimum atomic E-state index is -1.23. The van der Waals surface area contributed by atoms with Gasteiger partial charge in [-0.25, -0.2) is 9.38 Å². The highest BCUT2D eigenvalue weighted by atomic mass is 79.9. The van der Waals surface area contributed by atoms with Gasteiger partial charge >= 0.3 is 0 Å². The van der Waals surface area contributed by atoms with Crippen LogP contribution < -0.4 is 5.73 Å². The van der Waals surface area contributed by atoms with Gasteiger partial charge in [0.05, 0.1) is 23.2 Å². The van der Waals surface area contributed by atoms with Gasteiger partial charge in [0.2, 0.25) is 5.06 Å². The van der Waals surface area contributed by atoms with E-state index in [1.54, 1.807) is 12.1 Å². The van der Waals surface area contributed by atoms with Crippen molar-refractivity contribution in [3.05, 3.63) is 34.1 Å². The molecule has 2 fully saturated rings. The average Bonchev–Trinajstić information content (AvgIpc) is 2.79. The predicted octanol–water partition coefficient (Wildman–Crippen LogP) is 2.49. The Kier molecular flexibility index (Phi) is 2.91. The van der Waals surface area contributed by atoms with E-state index in [0.717, 1.165) is 0 Å². The molecule has 2 heterocycles. The van der Waals surface area contributed by atoms with Crippen LogP contribution in [0.1, 0.15) is 11.5 Å². The maximum Gasteiger partial charge on any atom is 0.230 e. The number of hydrogen-bond acceptors (Lipinski definition) is 6. The summed E-state index contributed by atoms with van der Waals surface area (Å²) in [4.78, 5) is 4.36. The molecule has 0 bridgehead atoms. The van der Waals surface area contributed by atoms with Gasteiger partial charge in [-0.15, -0.1) is 0 Å². The fourth-order valence-electron chi connectivity index (χ4n) is 3.91. The van der Waals surface area contributed by atoms with Crippen molar-refractivity contribution in [1.29, 1.82) is 10.5 Å². The number of nitrogens with zero attached hydrogens (tertiary/aromatic N) is 3. The third-order valence-corrected chi connectivity index (χ3v) is 6.78. The predicted molar refractivity (Wildman–Crippen MR) is 85.7 cm³/mol. The largest absolute Gasteiger partial charge is 0.386 e. The van der Waals surface area contributed by atoms with Crippen LogP contribution in [0.5, 0.6) is 0 Å². The SMILES string of the molecule is N#C[C@@]12[C@H](c3ccc(F)c(Br)c3)[C@]1(C#N)C(N)=N[C@@]21OCCS1. The van der Waals surface area contributed by atoms with Crippen molar-refractivity contribution in [2.24, 2.45) is 21.6 Å². The van der Waals surface area contributed by atoms with Crippen LogP contribution >= 0.6 is 27.7 Å². The lowest BCUT2D eigenvalue weighted by Gasteiger charge is -2.26. The third-order valence-electron chi connectivity index (χ3n) is 4.88. The minimum absolute atomic E-state index is 0.126. The van der Waals surface area contributed by atoms with Gasteiger partial charge in [-0.05, 0) is 33.6 Å². The summed E-state index contributed by atoms with van der Waals surface area (Å²) in [5.74, 6) is -0.0903. The summed E-state index contributed by atoms with van der Waals surface area (Å²) in [5, 5.41) is 18.6. The van der Waals surface area contributed by atoms with Crippen molar-refractivity contribution in [1.82, 2.24) is 0 Å². The average molecular weight is 393 g/mol. The standard InChI is InChI=1S/C15H10BrFN4OS/c16-9-5-8(1-2-10(9)17)11-13(6-18)12(20)21-15(14(11,13)7-19)22-3-4-23-15/h1-2,5,11H,3-4H2,(H2,20,21)/t11-,13-,14-,15-/m1/s1. The van der Waals surface area contributed by atoms with Crippen LogP contribution in [0.3, 0.4) is 0 Å². The lowest BCUT2D eigenvalue weighted by atomic mass is 9.95. The van der Waals surface area contributed by atoms with Gasteiger partial charge in [0.15, 0.2) is 5.41 Å². The molecule has 8 heteroatoms. The van der Waals surface area contributed by atoms with Gasteiger partial charge in [-0.1, -0.05) is 17.8 Å². The van der Waals surface area contributed by atoms with Crippen molar-refractivity contribution < 1.29 is 9.13 Å². The van der Waals surface area contributed by atoms with E-state index in [1.807, 2.05) is 0 Å². The first-order valence-corrected chi connectivity index (χ1v) is 8.68. The quantitative estimate of drug-likeness (QED) is 0.791. The summed E-state index contributed by atoms with van der Waals surface area (Å²) in [6, 6.07) is 8.98. The number of fused-ring (bicyclic) bond motifs is 2. The number of nitrogens with two attached hydrogens (primary N) is 1. The fraction of sp³-hybridized carbons (Fsp3) is 0.400. The van der Waals surface area contributed by atoms with Crippen LogP contribution in [0.4, 0.5) is 4.39 Å². The molecule has 1 aliphatic carbocycles. The van der Waals surface area contributed by atoms with Crippen LogP contribution in [0.2, 0.25) is 0 Å². The Morgan fingerprint density at radius 3 is 2.78 bits per heavy atom. The number of halogens is 2. The smallest absolute Gasteiger partial charge is 0.230 e. The molecule has 1 aromatic rings. The molecule has 4 atom stereocenters. The van der Waals surface area contributed by atoms with E-state index in [4.69, 9.17) is 10.5 Å². The lowest BCUT2D eigenvalue weighted by Crippen LogP contribution is -2.34. The van der Waals surface area contributed by atoms with Gasteiger partial charge in [-0.3, -0.25) is 0 Å². The van der Waals surface area contributed by atoms with E-state index in [1.165, 1.54) is 17.8 Å². The van der Waals surface area contributed by atoms with E-state index in [9.17, 15) is 14.9 Å². The molecule has 1 aromatic carbocycles. The van der Waals surface area contributed by atoms with Crippen molar-refractivity contribution >= 4 is 33.5 Å². The van der Waals surface area contributed by atoms with Crippen LogP contribution in [-0.4, -0.2) is 23.3 Å². The van der Waals surface area contributed by atoms with Crippen LogP contribution in [-0.2, 0) is 4.74 Å². The monoisotopic (exact) mass is 392 g/mol. The molecule has 0 amide bonds. The maximum atomic E-state index is 13.5.